The molecule has 0 radical (unpaired) electrons. The molecule has 2 nitrogen and oxygen atoms in total. The number of carbonyl (C=O) groups excluding carboxylic acids is 1. The number of carbonyl (C=O) groups is 1. The van der Waals surface area contributed by atoms with Crippen molar-refractivity contribution in [1.82, 2.24) is 5.32 Å². The van der Waals surface area contributed by atoms with Crippen molar-refractivity contribution >= 4 is 35.0 Å². The fraction of sp³-hybridized carbons (Fsp3) is 0.111. The van der Waals surface area contributed by atoms with E-state index in [-0.39, 0.29) is 12.3 Å². The second-order valence-electron chi connectivity index (χ2n) is 2.45. The molecule has 0 saturated carbocycles. The van der Waals surface area contributed by atoms with E-state index in [1.807, 2.05) is 18.2 Å². The summed E-state index contributed by atoms with van der Waals surface area (Å²) in [7, 11) is 0. The molecule has 68 valence electrons. The Morgan fingerprint density at radius 1 is 1.38 bits per heavy atom. The van der Waals surface area contributed by atoms with Gasteiger partial charge in [0.1, 0.15) is 4.32 Å². The maximum atomic E-state index is 11.4. The van der Waals surface area contributed by atoms with Gasteiger partial charge in [-0.1, -0.05) is 42.5 Å². The maximum absolute atomic E-state index is 11.4. The maximum Gasteiger partial charge on any atom is 0.181 e. The van der Waals surface area contributed by atoms with Gasteiger partial charge in [-0.25, -0.2) is 0 Å². The van der Waals surface area contributed by atoms with Crippen LogP contribution in [0.15, 0.2) is 30.3 Å². The Balaban J connectivity index is 2.54. The van der Waals surface area contributed by atoms with Crippen LogP contribution in [0.1, 0.15) is 10.4 Å². The fourth-order valence-electron chi connectivity index (χ4n) is 0.882. The van der Waals surface area contributed by atoms with E-state index in [1.165, 1.54) is 0 Å². The summed E-state index contributed by atoms with van der Waals surface area (Å²) >= 11 is 8.52. The largest absolute Gasteiger partial charge is 0.364 e. The number of nitrogens with one attached hydrogen (secondary N) is 1. The van der Waals surface area contributed by atoms with Gasteiger partial charge in [0.15, 0.2) is 5.78 Å². The highest BCUT2D eigenvalue weighted by molar-refractivity contribution is 8.11. The molecule has 0 aromatic heterocycles. The molecular weight excluding hydrogens is 202 g/mol. The van der Waals surface area contributed by atoms with Gasteiger partial charge in [-0.05, 0) is 0 Å². The van der Waals surface area contributed by atoms with Crippen LogP contribution in [0.2, 0.25) is 0 Å². The summed E-state index contributed by atoms with van der Waals surface area (Å²) in [6.45, 7) is 0.201. The molecule has 1 aromatic rings. The molecule has 0 amide bonds. The highest BCUT2D eigenvalue weighted by Gasteiger charge is 2.03. The molecule has 0 fully saturated rings. The lowest BCUT2D eigenvalue weighted by atomic mass is 10.1. The van der Waals surface area contributed by atoms with E-state index in [0.29, 0.717) is 9.88 Å². The van der Waals surface area contributed by atoms with Crippen molar-refractivity contribution in [3.63, 3.8) is 0 Å². The molecule has 0 heterocycles. The van der Waals surface area contributed by atoms with Crippen LogP contribution in [-0.2, 0) is 0 Å². The number of rotatable bonds is 3. The fourth-order valence-corrected chi connectivity index (χ4v) is 1.03. The Kier molecular flexibility index (Phi) is 3.92. The molecule has 1 aromatic carbocycles. The molecule has 1 rings (SSSR count). The van der Waals surface area contributed by atoms with Crippen LogP contribution < -0.4 is 5.32 Å². The number of hydrogen-bond acceptors (Lipinski definition) is 2. The first-order valence-electron chi connectivity index (χ1n) is 3.75. The van der Waals surface area contributed by atoms with Crippen LogP contribution in [0.5, 0.6) is 0 Å². The minimum absolute atomic E-state index is 0.0111. The highest BCUT2D eigenvalue weighted by atomic mass is 32.1. The van der Waals surface area contributed by atoms with E-state index in [0.717, 1.165) is 0 Å². The van der Waals surface area contributed by atoms with Gasteiger partial charge in [-0.3, -0.25) is 4.79 Å². The molecule has 0 saturated heterocycles. The predicted molar refractivity (Wildman–Crippen MR) is 60.4 cm³/mol. The Bertz CT molecular complexity index is 311. The van der Waals surface area contributed by atoms with Crippen molar-refractivity contribution in [2.45, 2.75) is 0 Å². The minimum atomic E-state index is 0.0111. The molecule has 0 bridgehead atoms. The Hall–Kier alpha value is -0.870. The van der Waals surface area contributed by atoms with Crippen LogP contribution >= 0.6 is 24.8 Å². The summed E-state index contributed by atoms with van der Waals surface area (Å²) in [5.41, 5.74) is 0.680. The molecule has 0 aliphatic heterocycles. The van der Waals surface area contributed by atoms with Gasteiger partial charge in [0, 0.05) is 5.56 Å². The van der Waals surface area contributed by atoms with Crippen molar-refractivity contribution in [3.05, 3.63) is 35.9 Å². The summed E-state index contributed by atoms with van der Waals surface area (Å²) in [6.07, 6.45) is 0. The number of Topliss-reactive ketones (excluding diaryl/α,β-unsaturated/α-hetero) is 1. The average Bonchev–Trinajstić information content (AvgIpc) is 2.15. The van der Waals surface area contributed by atoms with Gasteiger partial charge in [0.25, 0.3) is 0 Å². The monoisotopic (exact) mass is 211 g/mol. The van der Waals surface area contributed by atoms with Crippen molar-refractivity contribution in [2.75, 3.05) is 6.54 Å². The van der Waals surface area contributed by atoms with Crippen LogP contribution in [0.25, 0.3) is 0 Å². The van der Waals surface area contributed by atoms with E-state index >= 15 is 0 Å². The van der Waals surface area contributed by atoms with Crippen LogP contribution in [0, 0.1) is 0 Å². The topological polar surface area (TPSA) is 29.1 Å². The molecule has 4 heteroatoms. The van der Waals surface area contributed by atoms with E-state index in [9.17, 15) is 4.79 Å². The van der Waals surface area contributed by atoms with E-state index in [1.54, 1.807) is 12.1 Å². The Labute approximate surface area is 87.8 Å². The van der Waals surface area contributed by atoms with Crippen LogP contribution in [0.3, 0.4) is 0 Å². The molecule has 0 aliphatic carbocycles. The van der Waals surface area contributed by atoms with Gasteiger partial charge in [0.05, 0.1) is 6.54 Å². The molecule has 13 heavy (non-hydrogen) atoms. The van der Waals surface area contributed by atoms with Gasteiger partial charge >= 0.3 is 0 Å². The third-order valence-corrected chi connectivity index (χ3v) is 1.80. The Morgan fingerprint density at radius 2 is 2.00 bits per heavy atom. The lowest BCUT2D eigenvalue weighted by Gasteiger charge is -2.01. The quantitative estimate of drug-likeness (QED) is 0.453. The van der Waals surface area contributed by atoms with Crippen molar-refractivity contribution in [3.8, 4) is 0 Å². The van der Waals surface area contributed by atoms with Crippen molar-refractivity contribution in [1.29, 1.82) is 0 Å². The molecular formula is C9H9NOS2. The van der Waals surface area contributed by atoms with Crippen molar-refractivity contribution in [2.24, 2.45) is 0 Å². The third-order valence-electron chi connectivity index (χ3n) is 1.50. The molecule has 0 unspecified atom stereocenters. The summed E-state index contributed by atoms with van der Waals surface area (Å²) in [5, 5.41) is 2.69. The first kappa shape index (κ1) is 10.2. The molecule has 0 spiro atoms. The average molecular weight is 211 g/mol. The number of thiol groups is 1. The summed E-state index contributed by atoms with van der Waals surface area (Å²) in [6, 6.07) is 9.06. The van der Waals surface area contributed by atoms with E-state index in [2.05, 4.69) is 30.2 Å². The first-order chi connectivity index (χ1) is 6.20. The SMILES string of the molecule is O=C(CNC(=S)S)c1ccccc1. The van der Waals surface area contributed by atoms with Crippen molar-refractivity contribution < 1.29 is 4.79 Å². The minimum Gasteiger partial charge on any atom is -0.364 e. The molecule has 1 N–H and O–H groups in total. The lowest BCUT2D eigenvalue weighted by molar-refractivity contribution is 0.0997. The lowest BCUT2D eigenvalue weighted by Crippen LogP contribution is -2.24. The standard InChI is InChI=1S/C9H9NOS2/c11-8(6-10-9(12)13)7-4-2-1-3-5-7/h1-5H,6H2,(H2,10,12,13). The number of ketones is 1. The number of hydrogen-bond donors (Lipinski definition) is 2. The first-order valence-corrected chi connectivity index (χ1v) is 4.61. The smallest absolute Gasteiger partial charge is 0.181 e. The summed E-state index contributed by atoms with van der Waals surface area (Å²) in [5.74, 6) is 0.0111. The third kappa shape index (κ3) is 3.57. The zero-order valence-corrected chi connectivity index (χ0v) is 8.57. The zero-order valence-electron chi connectivity index (χ0n) is 6.86. The summed E-state index contributed by atoms with van der Waals surface area (Å²) in [4.78, 5) is 11.4. The molecule has 0 atom stereocenters. The predicted octanol–water partition coefficient (Wildman–Crippen LogP) is 1.67. The number of benzene rings is 1. The van der Waals surface area contributed by atoms with Gasteiger partial charge in [-0.15, -0.1) is 12.6 Å². The highest BCUT2D eigenvalue weighted by Crippen LogP contribution is 1.98. The van der Waals surface area contributed by atoms with Gasteiger partial charge < -0.3 is 5.32 Å². The zero-order chi connectivity index (χ0) is 9.68. The van der Waals surface area contributed by atoms with E-state index < -0.39 is 0 Å². The van der Waals surface area contributed by atoms with Crippen LogP contribution in [-0.4, -0.2) is 16.6 Å². The second-order valence-corrected chi connectivity index (χ2v) is 3.61. The summed E-state index contributed by atoms with van der Waals surface area (Å²) < 4.78 is 0.337. The van der Waals surface area contributed by atoms with Gasteiger partial charge in [0.2, 0.25) is 0 Å². The number of thiocarbonyl (C=S) groups is 1. The Morgan fingerprint density at radius 3 is 2.54 bits per heavy atom. The van der Waals surface area contributed by atoms with Gasteiger partial charge in [-0.2, -0.15) is 0 Å². The van der Waals surface area contributed by atoms with Crippen LogP contribution in [0.4, 0.5) is 0 Å². The second kappa shape index (κ2) is 4.99. The van der Waals surface area contributed by atoms with E-state index in [4.69, 9.17) is 0 Å². The normalized spacial score (nSPS) is 9.31. The molecule has 0 aliphatic rings.